The quantitative estimate of drug-likeness (QED) is 0.583. The zero-order chi connectivity index (χ0) is 14.9. The summed E-state index contributed by atoms with van der Waals surface area (Å²) in [5.41, 5.74) is 0. The number of hydrogen-bond donors (Lipinski definition) is 1. The molecular formula is C20H39N. The molecule has 2 fully saturated rings. The minimum atomic E-state index is 0.806. The van der Waals surface area contributed by atoms with Crippen LogP contribution < -0.4 is 5.32 Å². The monoisotopic (exact) mass is 293 g/mol. The molecular weight excluding hydrogens is 254 g/mol. The first-order chi connectivity index (χ1) is 10.3. The zero-order valence-corrected chi connectivity index (χ0v) is 14.7. The molecule has 1 N–H and O–H groups in total. The van der Waals surface area contributed by atoms with E-state index in [1.807, 2.05) is 0 Å². The number of rotatable bonds is 0. The van der Waals surface area contributed by atoms with Crippen LogP contribution in [0, 0.1) is 17.8 Å². The van der Waals surface area contributed by atoms with Crippen molar-refractivity contribution in [3.8, 4) is 0 Å². The zero-order valence-electron chi connectivity index (χ0n) is 14.7. The molecule has 0 amide bonds. The Balaban J connectivity index is 2.00. The normalized spacial score (nSPS) is 38.0. The minimum absolute atomic E-state index is 0.806. The third-order valence-electron chi connectivity index (χ3n) is 6.14. The van der Waals surface area contributed by atoms with Crippen molar-refractivity contribution in [1.82, 2.24) is 5.32 Å². The second-order valence-electron chi connectivity index (χ2n) is 8.10. The third kappa shape index (κ3) is 6.30. The molecule has 0 aromatic rings. The highest BCUT2D eigenvalue weighted by molar-refractivity contribution is 4.82. The predicted octanol–water partition coefficient (Wildman–Crippen LogP) is 5.93. The SMILES string of the molecule is CC1CCCCCCC(C)C2CCCCCCCC2NC1. The van der Waals surface area contributed by atoms with E-state index >= 15 is 0 Å². The molecule has 1 heterocycles. The lowest BCUT2D eigenvalue weighted by Gasteiger charge is -2.34. The topological polar surface area (TPSA) is 12.0 Å². The molecule has 0 aromatic carbocycles. The molecule has 2 aliphatic rings. The fourth-order valence-electron chi connectivity index (χ4n) is 4.61. The van der Waals surface area contributed by atoms with Gasteiger partial charge in [0.05, 0.1) is 0 Å². The summed E-state index contributed by atoms with van der Waals surface area (Å²) in [4.78, 5) is 0. The standard InChI is InChI=1S/C20H39N/c1-17-12-8-6-7-9-13-18(2)19-14-10-4-3-5-11-15-20(19)21-16-17/h17-21H,3-16H2,1-2H3. The van der Waals surface area contributed by atoms with Gasteiger partial charge >= 0.3 is 0 Å². The minimum Gasteiger partial charge on any atom is -0.313 e. The van der Waals surface area contributed by atoms with Crippen molar-refractivity contribution in [2.24, 2.45) is 17.8 Å². The summed E-state index contributed by atoms with van der Waals surface area (Å²) in [7, 11) is 0. The summed E-state index contributed by atoms with van der Waals surface area (Å²) in [6.45, 7) is 6.26. The van der Waals surface area contributed by atoms with Gasteiger partial charge < -0.3 is 5.32 Å². The van der Waals surface area contributed by atoms with E-state index in [1.54, 1.807) is 0 Å². The van der Waals surface area contributed by atoms with Crippen molar-refractivity contribution in [2.45, 2.75) is 103 Å². The molecule has 1 aliphatic heterocycles. The van der Waals surface area contributed by atoms with Crippen LogP contribution in [0.5, 0.6) is 0 Å². The van der Waals surface area contributed by atoms with Gasteiger partial charge in [-0.2, -0.15) is 0 Å². The first-order valence-electron chi connectivity index (χ1n) is 10.0. The smallest absolute Gasteiger partial charge is 0.00979 e. The third-order valence-corrected chi connectivity index (χ3v) is 6.14. The van der Waals surface area contributed by atoms with Gasteiger partial charge in [0.2, 0.25) is 0 Å². The summed E-state index contributed by atoms with van der Waals surface area (Å²) in [6, 6.07) is 0.806. The molecule has 1 nitrogen and oxygen atoms in total. The highest BCUT2D eigenvalue weighted by atomic mass is 14.9. The Kier molecular flexibility index (Phi) is 8.14. The summed E-state index contributed by atoms with van der Waals surface area (Å²) >= 11 is 0. The maximum absolute atomic E-state index is 4.02. The van der Waals surface area contributed by atoms with Gasteiger partial charge in [-0.3, -0.25) is 0 Å². The van der Waals surface area contributed by atoms with Crippen molar-refractivity contribution in [3.05, 3.63) is 0 Å². The molecule has 4 unspecified atom stereocenters. The van der Waals surface area contributed by atoms with Gasteiger partial charge in [0, 0.05) is 6.04 Å². The molecule has 0 spiro atoms. The van der Waals surface area contributed by atoms with Crippen molar-refractivity contribution in [1.29, 1.82) is 0 Å². The molecule has 4 atom stereocenters. The molecule has 124 valence electrons. The van der Waals surface area contributed by atoms with Crippen molar-refractivity contribution in [2.75, 3.05) is 6.54 Å². The van der Waals surface area contributed by atoms with Crippen LogP contribution >= 0.6 is 0 Å². The Hall–Kier alpha value is -0.0400. The largest absolute Gasteiger partial charge is 0.313 e. The van der Waals surface area contributed by atoms with E-state index in [2.05, 4.69) is 19.2 Å². The Bertz CT molecular complexity index is 263. The molecule has 1 saturated carbocycles. The number of fused-ring (bicyclic) bond motifs is 1. The summed E-state index contributed by atoms with van der Waals surface area (Å²) < 4.78 is 0. The van der Waals surface area contributed by atoms with Gasteiger partial charge in [-0.15, -0.1) is 0 Å². The van der Waals surface area contributed by atoms with Gasteiger partial charge in [0.1, 0.15) is 0 Å². The van der Waals surface area contributed by atoms with Gasteiger partial charge in [0.15, 0.2) is 0 Å². The maximum atomic E-state index is 4.02. The van der Waals surface area contributed by atoms with E-state index in [4.69, 9.17) is 0 Å². The molecule has 2 rings (SSSR count). The molecule has 1 saturated heterocycles. The molecule has 0 bridgehead atoms. The van der Waals surface area contributed by atoms with E-state index in [0.717, 1.165) is 23.8 Å². The van der Waals surface area contributed by atoms with E-state index in [1.165, 1.54) is 90.0 Å². The number of nitrogens with one attached hydrogen (secondary N) is 1. The summed E-state index contributed by atoms with van der Waals surface area (Å²) in [6.07, 6.45) is 19.0. The maximum Gasteiger partial charge on any atom is 0.00979 e. The van der Waals surface area contributed by atoms with Crippen LogP contribution in [0.1, 0.15) is 97.3 Å². The van der Waals surface area contributed by atoms with Crippen molar-refractivity contribution >= 4 is 0 Å². The second kappa shape index (κ2) is 9.87. The van der Waals surface area contributed by atoms with Crippen LogP contribution in [-0.4, -0.2) is 12.6 Å². The van der Waals surface area contributed by atoms with Crippen LogP contribution in [0.15, 0.2) is 0 Å². The summed E-state index contributed by atoms with van der Waals surface area (Å²) in [5, 5.41) is 4.02. The number of hydrogen-bond acceptors (Lipinski definition) is 1. The lowest BCUT2D eigenvalue weighted by atomic mass is 9.79. The van der Waals surface area contributed by atoms with Gasteiger partial charge in [-0.05, 0) is 43.6 Å². The van der Waals surface area contributed by atoms with Crippen LogP contribution in [0.2, 0.25) is 0 Å². The van der Waals surface area contributed by atoms with E-state index in [0.29, 0.717) is 0 Å². The van der Waals surface area contributed by atoms with Crippen LogP contribution in [0.3, 0.4) is 0 Å². The Morgan fingerprint density at radius 3 is 1.95 bits per heavy atom. The molecule has 0 radical (unpaired) electrons. The lowest BCUT2D eigenvalue weighted by Crippen LogP contribution is -2.41. The molecule has 21 heavy (non-hydrogen) atoms. The fourth-order valence-corrected chi connectivity index (χ4v) is 4.61. The average molecular weight is 294 g/mol. The van der Waals surface area contributed by atoms with Crippen LogP contribution in [0.4, 0.5) is 0 Å². The Labute approximate surface area is 133 Å². The fraction of sp³-hybridized carbons (Fsp3) is 1.00. The Morgan fingerprint density at radius 2 is 1.19 bits per heavy atom. The summed E-state index contributed by atoms with van der Waals surface area (Å²) in [5.74, 6) is 2.73. The average Bonchev–Trinajstić information content (AvgIpc) is 2.59. The first-order valence-corrected chi connectivity index (χ1v) is 10.0. The second-order valence-corrected chi connectivity index (χ2v) is 8.10. The van der Waals surface area contributed by atoms with Gasteiger partial charge in [0.25, 0.3) is 0 Å². The predicted molar refractivity (Wildman–Crippen MR) is 93.6 cm³/mol. The molecule has 1 aliphatic carbocycles. The van der Waals surface area contributed by atoms with Gasteiger partial charge in [-0.1, -0.05) is 78.1 Å². The first kappa shape index (κ1) is 17.3. The van der Waals surface area contributed by atoms with E-state index in [-0.39, 0.29) is 0 Å². The van der Waals surface area contributed by atoms with Gasteiger partial charge in [-0.25, -0.2) is 0 Å². The molecule has 0 aromatic heterocycles. The highest BCUT2D eigenvalue weighted by Crippen LogP contribution is 2.31. The van der Waals surface area contributed by atoms with E-state index in [9.17, 15) is 0 Å². The lowest BCUT2D eigenvalue weighted by molar-refractivity contribution is 0.209. The van der Waals surface area contributed by atoms with E-state index < -0.39 is 0 Å². The van der Waals surface area contributed by atoms with Crippen LogP contribution in [-0.2, 0) is 0 Å². The molecule has 1 heteroatoms. The van der Waals surface area contributed by atoms with Crippen LogP contribution in [0.25, 0.3) is 0 Å². The highest BCUT2D eigenvalue weighted by Gasteiger charge is 2.27. The Morgan fingerprint density at radius 1 is 0.619 bits per heavy atom. The van der Waals surface area contributed by atoms with Crippen molar-refractivity contribution < 1.29 is 0 Å². The van der Waals surface area contributed by atoms with Crippen molar-refractivity contribution in [3.63, 3.8) is 0 Å².